The molecule has 1 aliphatic rings. The standard InChI is InChI=1S/C19H19NO3/c1-12(2)17(19(22)23)13-7-9-15(10-8-13)20-11-14-5-3-4-6-16(14)18(20)21/h3-10,12,17H,11H2,1-2H3,(H,22,23)/t17-/m1/s1. The minimum Gasteiger partial charge on any atom is -0.481 e. The quantitative estimate of drug-likeness (QED) is 0.937. The second kappa shape index (κ2) is 5.88. The van der Waals surface area contributed by atoms with Gasteiger partial charge < -0.3 is 10.0 Å². The van der Waals surface area contributed by atoms with E-state index in [2.05, 4.69) is 0 Å². The Kier molecular flexibility index (Phi) is 3.90. The average molecular weight is 309 g/mol. The number of anilines is 1. The van der Waals surface area contributed by atoms with Crippen molar-refractivity contribution in [2.45, 2.75) is 26.3 Å². The molecule has 0 saturated carbocycles. The van der Waals surface area contributed by atoms with Crippen molar-refractivity contribution < 1.29 is 14.7 Å². The Labute approximate surface area is 135 Å². The lowest BCUT2D eigenvalue weighted by molar-refractivity contribution is -0.139. The van der Waals surface area contributed by atoms with Crippen LogP contribution in [-0.4, -0.2) is 17.0 Å². The van der Waals surface area contributed by atoms with Crippen LogP contribution in [0, 0.1) is 5.92 Å². The van der Waals surface area contributed by atoms with Gasteiger partial charge in [0, 0.05) is 11.3 Å². The van der Waals surface area contributed by atoms with Crippen LogP contribution in [0.4, 0.5) is 5.69 Å². The van der Waals surface area contributed by atoms with E-state index in [1.165, 1.54) is 0 Å². The zero-order chi connectivity index (χ0) is 16.6. The summed E-state index contributed by atoms with van der Waals surface area (Å²) in [6.45, 7) is 4.35. The maximum atomic E-state index is 12.5. The van der Waals surface area contributed by atoms with Gasteiger partial charge >= 0.3 is 5.97 Å². The number of carbonyl (C=O) groups is 2. The summed E-state index contributed by atoms with van der Waals surface area (Å²) in [6, 6.07) is 14.9. The van der Waals surface area contributed by atoms with Crippen LogP contribution in [0.25, 0.3) is 0 Å². The first-order chi connectivity index (χ1) is 11.0. The lowest BCUT2D eigenvalue weighted by Gasteiger charge is -2.19. The Balaban J connectivity index is 1.87. The summed E-state index contributed by atoms with van der Waals surface area (Å²) in [4.78, 5) is 25.6. The van der Waals surface area contributed by atoms with Crippen LogP contribution >= 0.6 is 0 Å². The zero-order valence-electron chi connectivity index (χ0n) is 13.2. The molecule has 1 heterocycles. The predicted molar refractivity (Wildman–Crippen MR) is 88.6 cm³/mol. The van der Waals surface area contributed by atoms with Crippen molar-refractivity contribution in [3.8, 4) is 0 Å². The highest BCUT2D eigenvalue weighted by Gasteiger charge is 2.28. The van der Waals surface area contributed by atoms with Crippen molar-refractivity contribution in [2.75, 3.05) is 4.90 Å². The molecule has 23 heavy (non-hydrogen) atoms. The van der Waals surface area contributed by atoms with Crippen molar-refractivity contribution in [3.05, 3.63) is 65.2 Å². The third-order valence-electron chi connectivity index (χ3n) is 4.32. The Bertz CT molecular complexity index is 749. The highest BCUT2D eigenvalue weighted by Crippen LogP contribution is 2.31. The number of carboxylic acids is 1. The topological polar surface area (TPSA) is 57.6 Å². The zero-order valence-corrected chi connectivity index (χ0v) is 13.2. The van der Waals surface area contributed by atoms with Gasteiger partial charge in [0.1, 0.15) is 0 Å². The molecule has 2 aromatic carbocycles. The normalized spacial score (nSPS) is 14.9. The van der Waals surface area contributed by atoms with Crippen molar-refractivity contribution in [3.63, 3.8) is 0 Å². The number of benzene rings is 2. The Morgan fingerprint density at radius 3 is 2.30 bits per heavy atom. The molecule has 4 heteroatoms. The Morgan fingerprint density at radius 2 is 1.74 bits per heavy atom. The molecule has 0 saturated heterocycles. The van der Waals surface area contributed by atoms with E-state index in [9.17, 15) is 14.7 Å². The third-order valence-corrected chi connectivity index (χ3v) is 4.32. The van der Waals surface area contributed by atoms with Crippen molar-refractivity contribution in [2.24, 2.45) is 5.92 Å². The lowest BCUT2D eigenvalue weighted by Crippen LogP contribution is -2.23. The van der Waals surface area contributed by atoms with Crippen LogP contribution in [0.3, 0.4) is 0 Å². The maximum absolute atomic E-state index is 12.5. The number of nitrogens with zero attached hydrogens (tertiary/aromatic N) is 1. The van der Waals surface area contributed by atoms with Crippen molar-refractivity contribution in [1.82, 2.24) is 0 Å². The van der Waals surface area contributed by atoms with Crippen molar-refractivity contribution in [1.29, 1.82) is 0 Å². The van der Waals surface area contributed by atoms with Gasteiger partial charge in [0.25, 0.3) is 5.91 Å². The summed E-state index contributed by atoms with van der Waals surface area (Å²) in [5.41, 5.74) is 3.32. The van der Waals surface area contributed by atoms with Gasteiger partial charge in [-0.25, -0.2) is 0 Å². The van der Waals surface area contributed by atoms with Crippen LogP contribution in [0.5, 0.6) is 0 Å². The SMILES string of the molecule is CC(C)[C@@H](C(=O)O)c1ccc(N2Cc3ccccc3C2=O)cc1. The molecule has 118 valence electrons. The van der Waals surface area contributed by atoms with Gasteiger partial charge in [0.2, 0.25) is 0 Å². The van der Waals surface area contributed by atoms with E-state index in [1.54, 1.807) is 4.90 Å². The third kappa shape index (κ3) is 2.72. The molecule has 0 unspecified atom stereocenters. The monoisotopic (exact) mass is 309 g/mol. The molecule has 0 bridgehead atoms. The fourth-order valence-corrected chi connectivity index (χ4v) is 3.14. The molecule has 0 spiro atoms. The molecule has 4 nitrogen and oxygen atoms in total. The fraction of sp³-hybridized carbons (Fsp3) is 0.263. The van der Waals surface area contributed by atoms with E-state index in [1.807, 2.05) is 62.4 Å². The summed E-state index contributed by atoms with van der Waals surface area (Å²) < 4.78 is 0. The number of carboxylic acid groups (broad SMARTS) is 1. The second-order valence-corrected chi connectivity index (χ2v) is 6.20. The first-order valence-corrected chi connectivity index (χ1v) is 7.71. The maximum Gasteiger partial charge on any atom is 0.311 e. The minimum absolute atomic E-state index is 0.00741. The molecular weight excluding hydrogens is 290 g/mol. The second-order valence-electron chi connectivity index (χ2n) is 6.20. The molecular formula is C19H19NO3. The number of carbonyl (C=O) groups excluding carboxylic acids is 1. The van der Waals surface area contributed by atoms with Gasteiger partial charge in [0.05, 0.1) is 12.5 Å². The van der Waals surface area contributed by atoms with Crippen molar-refractivity contribution >= 4 is 17.6 Å². The number of hydrogen-bond donors (Lipinski definition) is 1. The first-order valence-electron chi connectivity index (χ1n) is 7.71. The molecule has 1 amide bonds. The van der Waals surface area contributed by atoms with Crippen LogP contribution < -0.4 is 4.90 Å². The molecule has 3 rings (SSSR count). The predicted octanol–water partition coefficient (Wildman–Crippen LogP) is 3.67. The van der Waals surface area contributed by atoms with Gasteiger partial charge in [-0.1, -0.05) is 44.2 Å². The lowest BCUT2D eigenvalue weighted by atomic mass is 9.88. The van der Waals surface area contributed by atoms with Crippen LogP contribution in [-0.2, 0) is 11.3 Å². The van der Waals surface area contributed by atoms with E-state index in [0.29, 0.717) is 6.54 Å². The van der Waals surface area contributed by atoms with Gasteiger partial charge in [-0.3, -0.25) is 9.59 Å². The van der Waals surface area contributed by atoms with E-state index >= 15 is 0 Å². The van der Waals surface area contributed by atoms with Gasteiger partial charge in [-0.05, 0) is 35.2 Å². The Hall–Kier alpha value is -2.62. The molecule has 2 aromatic rings. The number of amides is 1. The van der Waals surface area contributed by atoms with E-state index in [-0.39, 0.29) is 11.8 Å². The molecule has 0 aliphatic carbocycles. The van der Waals surface area contributed by atoms with Crippen LogP contribution in [0.15, 0.2) is 48.5 Å². The van der Waals surface area contributed by atoms with Gasteiger partial charge in [0.15, 0.2) is 0 Å². The minimum atomic E-state index is -0.822. The molecule has 1 N–H and O–H groups in total. The molecule has 0 radical (unpaired) electrons. The van der Waals surface area contributed by atoms with Gasteiger partial charge in [-0.2, -0.15) is 0 Å². The van der Waals surface area contributed by atoms with Gasteiger partial charge in [-0.15, -0.1) is 0 Å². The van der Waals surface area contributed by atoms with Crippen LogP contribution in [0.2, 0.25) is 0 Å². The molecule has 1 atom stereocenters. The highest BCUT2D eigenvalue weighted by molar-refractivity contribution is 6.09. The summed E-state index contributed by atoms with van der Waals surface area (Å²) >= 11 is 0. The Morgan fingerprint density at radius 1 is 1.09 bits per heavy atom. The largest absolute Gasteiger partial charge is 0.481 e. The molecule has 0 fully saturated rings. The smallest absolute Gasteiger partial charge is 0.311 e. The number of fused-ring (bicyclic) bond motifs is 1. The number of rotatable bonds is 4. The summed E-state index contributed by atoms with van der Waals surface area (Å²) in [5.74, 6) is -1.35. The average Bonchev–Trinajstić information content (AvgIpc) is 2.85. The van der Waals surface area contributed by atoms with E-state index < -0.39 is 11.9 Å². The summed E-state index contributed by atoms with van der Waals surface area (Å²) in [7, 11) is 0. The van der Waals surface area contributed by atoms with E-state index in [0.717, 1.165) is 22.4 Å². The fourth-order valence-electron chi connectivity index (χ4n) is 3.14. The highest BCUT2D eigenvalue weighted by atomic mass is 16.4. The summed E-state index contributed by atoms with van der Waals surface area (Å²) in [5, 5.41) is 9.37. The summed E-state index contributed by atoms with van der Waals surface area (Å²) in [6.07, 6.45) is 0. The van der Waals surface area contributed by atoms with Crippen LogP contribution in [0.1, 0.15) is 41.3 Å². The first kappa shape index (κ1) is 15.3. The van der Waals surface area contributed by atoms with E-state index in [4.69, 9.17) is 0 Å². The number of hydrogen-bond acceptors (Lipinski definition) is 2. The molecule has 0 aromatic heterocycles. The number of aliphatic carboxylic acids is 1. The molecule has 1 aliphatic heterocycles.